The Morgan fingerprint density at radius 1 is 1.03 bits per heavy atom. The molecule has 1 aliphatic rings. The molecule has 0 amide bonds. The van der Waals surface area contributed by atoms with Crippen molar-refractivity contribution in [3.8, 4) is 5.75 Å². The summed E-state index contributed by atoms with van der Waals surface area (Å²) in [5.41, 5.74) is 0.753. The Hall–Kier alpha value is -1.93. The molecule has 2 aromatic carbocycles. The minimum absolute atomic E-state index is 0.0108. The van der Waals surface area contributed by atoms with Crippen LogP contribution in [-0.4, -0.2) is 31.8 Å². The highest BCUT2D eigenvalue weighted by atomic mass is 35.5. The van der Waals surface area contributed by atoms with Gasteiger partial charge in [-0.05, 0) is 30.3 Å². The van der Waals surface area contributed by atoms with E-state index >= 15 is 0 Å². The smallest absolute Gasteiger partial charge is 0.326 e. The molecule has 164 valence electrons. The lowest BCUT2D eigenvalue weighted by Gasteiger charge is -2.15. The third-order valence-electron chi connectivity index (χ3n) is 4.22. The van der Waals surface area contributed by atoms with Crippen LogP contribution in [0.2, 0.25) is 10.0 Å². The second-order valence-corrected chi connectivity index (χ2v) is 11.3. The van der Waals surface area contributed by atoms with Crippen molar-refractivity contribution in [2.24, 2.45) is 0 Å². The van der Waals surface area contributed by atoms with Crippen molar-refractivity contribution in [2.45, 2.75) is 5.88 Å². The third kappa shape index (κ3) is 4.95. The average molecular weight is 524 g/mol. The van der Waals surface area contributed by atoms with E-state index in [9.17, 15) is 25.9 Å². The zero-order valence-electron chi connectivity index (χ0n) is 15.3. The van der Waals surface area contributed by atoms with Gasteiger partial charge in [0.05, 0.1) is 11.8 Å². The lowest BCUT2D eigenvalue weighted by atomic mass is 10.3. The first-order valence-electron chi connectivity index (χ1n) is 8.38. The molecular formula is C17H13Cl2N2O7S3+. The molecule has 0 saturated heterocycles. The molecule has 0 unspecified atom stereocenters. The maximum Gasteiger partial charge on any atom is 0.326 e. The van der Waals surface area contributed by atoms with E-state index in [4.69, 9.17) is 27.9 Å². The predicted molar refractivity (Wildman–Crippen MR) is 118 cm³/mol. The minimum atomic E-state index is -4.45. The maximum absolute atomic E-state index is 11.6. The Morgan fingerprint density at radius 3 is 2.39 bits per heavy atom. The number of anilines is 1. The fourth-order valence-electron chi connectivity index (χ4n) is 3.06. The van der Waals surface area contributed by atoms with Gasteiger partial charge in [-0.3, -0.25) is 14.0 Å². The van der Waals surface area contributed by atoms with E-state index in [0.717, 1.165) is 0 Å². The first-order valence-corrected chi connectivity index (χ1v) is 13.2. The highest BCUT2D eigenvalue weighted by Crippen LogP contribution is 2.41. The number of hydrogen-bond donors (Lipinski definition) is 2. The molecule has 1 aromatic heterocycles. The Kier molecular flexibility index (Phi) is 5.67. The molecule has 0 bridgehead atoms. The highest BCUT2D eigenvalue weighted by molar-refractivity contribution is 7.85. The molecule has 0 radical (unpaired) electrons. The summed E-state index contributed by atoms with van der Waals surface area (Å²) in [4.78, 5) is 1.19. The Balaban J connectivity index is 1.89. The fourth-order valence-corrected chi connectivity index (χ4v) is 5.74. The molecule has 4 rings (SSSR count). The van der Waals surface area contributed by atoms with Crippen LogP contribution in [0.5, 0.6) is 5.75 Å². The van der Waals surface area contributed by atoms with Crippen molar-refractivity contribution < 1.29 is 35.2 Å². The fraction of sp³-hybridized carbons (Fsp3) is 0.118. The van der Waals surface area contributed by atoms with Gasteiger partial charge in [-0.15, -0.1) is 0 Å². The van der Waals surface area contributed by atoms with Gasteiger partial charge >= 0.3 is 10.1 Å². The molecule has 3 aromatic rings. The van der Waals surface area contributed by atoms with Gasteiger partial charge in [0.15, 0.2) is 11.6 Å². The first kappa shape index (κ1) is 22.3. The maximum atomic E-state index is 11.6. The molecule has 1 aliphatic heterocycles. The summed E-state index contributed by atoms with van der Waals surface area (Å²) < 4.78 is 72.9. The minimum Gasteiger partial charge on any atom is -0.438 e. The molecule has 9 nitrogen and oxygen atoms in total. The van der Waals surface area contributed by atoms with Gasteiger partial charge in [0, 0.05) is 16.1 Å². The molecule has 0 spiro atoms. The van der Waals surface area contributed by atoms with E-state index in [-0.39, 0.29) is 5.88 Å². The number of aromatic nitrogens is 1. The van der Waals surface area contributed by atoms with Crippen LogP contribution in [0.15, 0.2) is 42.3 Å². The van der Waals surface area contributed by atoms with Crippen molar-refractivity contribution in [2.75, 3.05) is 10.8 Å². The predicted octanol–water partition coefficient (Wildman–Crippen LogP) is 3.38. The van der Waals surface area contributed by atoms with Crippen LogP contribution < -0.4 is 14.2 Å². The number of ether oxygens (including phenoxy) is 1. The second kappa shape index (κ2) is 7.89. The standard InChI is InChI=1S/C17H12Cl2N2O7S3/c18-10-1-3-14-12(5-10)20(8-30(22,23)24)16(28-14)7-17-21(9-31(25,26)27)13-6-11(19)2-4-15(13)29-17/h1-7H,8-9H2,(H-,22,23,24,25,26,27)/p+1. The summed E-state index contributed by atoms with van der Waals surface area (Å²) in [6.45, 7) is 0. The number of fused-ring (bicyclic) bond motifs is 2. The summed E-state index contributed by atoms with van der Waals surface area (Å²) in [6, 6.07) is 9.41. The van der Waals surface area contributed by atoms with Crippen LogP contribution in [0.1, 0.15) is 5.01 Å². The normalized spacial score (nSPS) is 15.5. The topological polar surface area (TPSA) is 125 Å². The monoisotopic (exact) mass is 523 g/mol. The van der Waals surface area contributed by atoms with E-state index in [1.165, 1.54) is 39.0 Å². The SMILES string of the molecule is O=S(=O)(O)CN1C(=Cc2sc3ccc(Cl)cc3[n+]2CS(=O)(=O)O)Oc2ccc(Cl)cc21. The Labute approximate surface area is 191 Å². The summed E-state index contributed by atoms with van der Waals surface area (Å²) in [7, 11) is -8.87. The highest BCUT2D eigenvalue weighted by Gasteiger charge is 2.33. The average Bonchev–Trinajstić information content (AvgIpc) is 3.11. The Bertz CT molecular complexity index is 1450. The first-order chi connectivity index (χ1) is 14.4. The number of halogens is 2. The van der Waals surface area contributed by atoms with Gasteiger partial charge in [-0.25, -0.2) is 0 Å². The second-order valence-electron chi connectivity index (χ2n) is 6.53. The van der Waals surface area contributed by atoms with Gasteiger partial charge in [0.25, 0.3) is 21.0 Å². The molecule has 0 fully saturated rings. The molecule has 31 heavy (non-hydrogen) atoms. The van der Waals surface area contributed by atoms with Crippen molar-refractivity contribution in [1.29, 1.82) is 0 Å². The van der Waals surface area contributed by atoms with Gasteiger partial charge < -0.3 is 4.74 Å². The third-order valence-corrected chi connectivity index (χ3v) is 6.97. The van der Waals surface area contributed by atoms with Gasteiger partial charge in [0.1, 0.15) is 4.70 Å². The zero-order chi connectivity index (χ0) is 22.6. The van der Waals surface area contributed by atoms with E-state index in [2.05, 4.69) is 0 Å². The Morgan fingerprint density at radius 2 is 1.71 bits per heavy atom. The summed E-state index contributed by atoms with van der Waals surface area (Å²) in [5.74, 6) is -1.27. The van der Waals surface area contributed by atoms with Gasteiger partial charge in [0.2, 0.25) is 11.4 Å². The van der Waals surface area contributed by atoms with Crippen molar-refractivity contribution >= 4 is 76.8 Å². The molecule has 0 aliphatic carbocycles. The van der Waals surface area contributed by atoms with Crippen LogP contribution in [0.4, 0.5) is 5.69 Å². The van der Waals surface area contributed by atoms with Gasteiger partial charge in [-0.1, -0.05) is 34.5 Å². The summed E-state index contributed by atoms with van der Waals surface area (Å²) >= 11 is 13.2. The number of hydrogen-bond acceptors (Lipinski definition) is 7. The van der Waals surface area contributed by atoms with E-state index in [0.29, 0.717) is 36.7 Å². The molecule has 2 N–H and O–H groups in total. The lowest BCUT2D eigenvalue weighted by molar-refractivity contribution is -0.649. The van der Waals surface area contributed by atoms with Crippen LogP contribution in [0.25, 0.3) is 16.3 Å². The number of benzene rings is 2. The molecule has 2 heterocycles. The molecule has 14 heteroatoms. The molecule has 0 atom stereocenters. The van der Waals surface area contributed by atoms with Crippen LogP contribution in [0.3, 0.4) is 0 Å². The van der Waals surface area contributed by atoms with Gasteiger partial charge in [-0.2, -0.15) is 21.4 Å². The van der Waals surface area contributed by atoms with E-state index < -0.39 is 32.0 Å². The largest absolute Gasteiger partial charge is 0.438 e. The van der Waals surface area contributed by atoms with Crippen LogP contribution in [-0.2, 0) is 26.1 Å². The summed E-state index contributed by atoms with van der Waals surface area (Å²) in [6.07, 6.45) is 1.41. The van der Waals surface area contributed by atoms with Crippen molar-refractivity contribution in [3.63, 3.8) is 0 Å². The molecular weight excluding hydrogens is 511 g/mol. The van der Waals surface area contributed by atoms with Crippen LogP contribution in [0, 0.1) is 0 Å². The summed E-state index contributed by atoms with van der Waals surface area (Å²) in [5, 5.41) is 1.01. The number of thiazole rings is 1. The van der Waals surface area contributed by atoms with Crippen molar-refractivity contribution in [3.05, 3.63) is 57.3 Å². The van der Waals surface area contributed by atoms with Crippen LogP contribution >= 0.6 is 34.5 Å². The molecule has 0 saturated carbocycles. The zero-order valence-corrected chi connectivity index (χ0v) is 19.2. The van der Waals surface area contributed by atoms with E-state index in [1.807, 2.05) is 0 Å². The number of rotatable bonds is 5. The van der Waals surface area contributed by atoms with E-state index in [1.54, 1.807) is 24.3 Å². The quantitative estimate of drug-likeness (QED) is 0.385. The van der Waals surface area contributed by atoms with Crippen molar-refractivity contribution in [1.82, 2.24) is 0 Å². The number of nitrogens with zero attached hydrogens (tertiary/aromatic N) is 2. The lowest BCUT2D eigenvalue weighted by Crippen LogP contribution is -2.39.